The third-order valence-electron chi connectivity index (χ3n) is 4.35. The van der Waals surface area contributed by atoms with E-state index in [-0.39, 0.29) is 11.8 Å². The molecule has 142 valence electrons. The van der Waals surface area contributed by atoms with Crippen molar-refractivity contribution >= 4 is 11.8 Å². The van der Waals surface area contributed by atoms with Gasteiger partial charge in [0.15, 0.2) is 0 Å². The van der Waals surface area contributed by atoms with Crippen molar-refractivity contribution < 1.29 is 9.59 Å². The van der Waals surface area contributed by atoms with Crippen LogP contribution in [0.3, 0.4) is 0 Å². The lowest BCUT2D eigenvalue weighted by molar-refractivity contribution is -0.122. The lowest BCUT2D eigenvalue weighted by atomic mass is 10.0. The highest BCUT2D eigenvalue weighted by atomic mass is 16.2. The minimum Gasteiger partial charge on any atom is -0.354 e. The van der Waals surface area contributed by atoms with Gasteiger partial charge in [-0.15, -0.1) is 0 Å². The summed E-state index contributed by atoms with van der Waals surface area (Å²) in [5.41, 5.74) is 2.43. The van der Waals surface area contributed by atoms with Crippen LogP contribution < -0.4 is 10.6 Å². The zero-order valence-electron chi connectivity index (χ0n) is 15.5. The molecule has 1 aromatic heterocycles. The number of carbonyl (C=O) groups excluding carboxylic acids is 2. The van der Waals surface area contributed by atoms with E-state index < -0.39 is 6.04 Å². The molecule has 0 fully saturated rings. The Balaban J connectivity index is 1.64. The van der Waals surface area contributed by atoms with E-state index in [1.165, 1.54) is 0 Å². The van der Waals surface area contributed by atoms with Gasteiger partial charge in [0.05, 0.1) is 0 Å². The molecule has 0 saturated carbocycles. The van der Waals surface area contributed by atoms with Crippen LogP contribution in [0.5, 0.6) is 0 Å². The first-order valence-corrected chi connectivity index (χ1v) is 9.30. The zero-order chi connectivity index (χ0) is 19.6. The van der Waals surface area contributed by atoms with Crippen molar-refractivity contribution in [1.29, 1.82) is 0 Å². The molecule has 0 bridgehead atoms. The Hall–Kier alpha value is -3.47. The van der Waals surface area contributed by atoms with Gasteiger partial charge in [-0.3, -0.25) is 14.6 Å². The van der Waals surface area contributed by atoms with Crippen LogP contribution in [0.15, 0.2) is 85.1 Å². The fourth-order valence-electron chi connectivity index (χ4n) is 2.87. The number of nitrogens with one attached hydrogen (secondary N) is 2. The first-order chi connectivity index (χ1) is 13.7. The molecule has 5 nitrogen and oxygen atoms in total. The fraction of sp³-hybridized carbons (Fsp3) is 0.174. The van der Waals surface area contributed by atoms with Gasteiger partial charge in [0.1, 0.15) is 6.04 Å². The monoisotopic (exact) mass is 373 g/mol. The van der Waals surface area contributed by atoms with Crippen molar-refractivity contribution in [2.45, 2.75) is 18.9 Å². The molecule has 0 aliphatic rings. The van der Waals surface area contributed by atoms with E-state index in [1.54, 1.807) is 30.5 Å². The molecule has 5 heteroatoms. The van der Waals surface area contributed by atoms with Crippen molar-refractivity contribution in [2.75, 3.05) is 6.54 Å². The maximum absolute atomic E-state index is 12.8. The molecule has 1 atom stereocenters. The first-order valence-electron chi connectivity index (χ1n) is 9.30. The predicted octanol–water partition coefficient (Wildman–Crippen LogP) is 2.78. The van der Waals surface area contributed by atoms with Crippen LogP contribution >= 0.6 is 0 Å². The number of hydrogen-bond donors (Lipinski definition) is 2. The number of amides is 2. The SMILES string of the molecule is O=C(N[C@H](Cc1ccccc1)C(=O)NCCc1ccccn1)c1ccccc1. The summed E-state index contributed by atoms with van der Waals surface area (Å²) in [7, 11) is 0. The number of rotatable bonds is 8. The molecule has 28 heavy (non-hydrogen) atoms. The van der Waals surface area contributed by atoms with E-state index in [9.17, 15) is 9.59 Å². The summed E-state index contributed by atoms with van der Waals surface area (Å²) in [4.78, 5) is 29.6. The second-order valence-corrected chi connectivity index (χ2v) is 6.44. The van der Waals surface area contributed by atoms with Gasteiger partial charge in [-0.25, -0.2) is 0 Å². The summed E-state index contributed by atoms with van der Waals surface area (Å²) in [5, 5.41) is 5.78. The van der Waals surface area contributed by atoms with Crippen LogP contribution in [0, 0.1) is 0 Å². The minimum atomic E-state index is -0.654. The summed E-state index contributed by atoms with van der Waals surface area (Å²) >= 11 is 0. The Morgan fingerprint density at radius 1 is 0.857 bits per heavy atom. The molecule has 3 aromatic rings. The van der Waals surface area contributed by atoms with Crippen LogP contribution in [0.25, 0.3) is 0 Å². The van der Waals surface area contributed by atoms with Crippen LogP contribution in [0.4, 0.5) is 0 Å². The van der Waals surface area contributed by atoms with E-state index in [2.05, 4.69) is 15.6 Å². The lowest BCUT2D eigenvalue weighted by Gasteiger charge is -2.19. The van der Waals surface area contributed by atoms with E-state index >= 15 is 0 Å². The smallest absolute Gasteiger partial charge is 0.251 e. The van der Waals surface area contributed by atoms with Gasteiger partial charge in [-0.05, 0) is 29.8 Å². The molecule has 2 amide bonds. The van der Waals surface area contributed by atoms with Gasteiger partial charge < -0.3 is 10.6 Å². The van der Waals surface area contributed by atoms with Crippen molar-refractivity contribution in [3.8, 4) is 0 Å². The number of benzene rings is 2. The third kappa shape index (κ3) is 5.77. The highest BCUT2D eigenvalue weighted by Crippen LogP contribution is 2.06. The van der Waals surface area contributed by atoms with E-state index in [0.29, 0.717) is 24.9 Å². The van der Waals surface area contributed by atoms with Gasteiger partial charge >= 0.3 is 0 Å². The van der Waals surface area contributed by atoms with Gasteiger partial charge in [0.25, 0.3) is 5.91 Å². The predicted molar refractivity (Wildman–Crippen MR) is 109 cm³/mol. The molecule has 1 heterocycles. The molecule has 2 aromatic carbocycles. The van der Waals surface area contributed by atoms with E-state index in [4.69, 9.17) is 0 Å². The number of aromatic nitrogens is 1. The Bertz CT molecular complexity index is 883. The highest BCUT2D eigenvalue weighted by molar-refractivity contribution is 5.97. The topological polar surface area (TPSA) is 71.1 Å². The molecule has 3 rings (SSSR count). The zero-order valence-corrected chi connectivity index (χ0v) is 15.5. The van der Waals surface area contributed by atoms with Crippen molar-refractivity contribution in [2.24, 2.45) is 0 Å². The molecule has 0 unspecified atom stereocenters. The second kappa shape index (κ2) is 10.0. The number of carbonyl (C=O) groups is 2. The number of pyridine rings is 1. The van der Waals surface area contributed by atoms with Crippen LogP contribution in [0.1, 0.15) is 21.6 Å². The van der Waals surface area contributed by atoms with Gasteiger partial charge in [-0.2, -0.15) is 0 Å². The second-order valence-electron chi connectivity index (χ2n) is 6.44. The van der Waals surface area contributed by atoms with Crippen molar-refractivity contribution in [3.63, 3.8) is 0 Å². The highest BCUT2D eigenvalue weighted by Gasteiger charge is 2.21. The van der Waals surface area contributed by atoms with Gasteiger partial charge in [0.2, 0.25) is 5.91 Å². The summed E-state index contributed by atoms with van der Waals surface area (Å²) in [5.74, 6) is -0.467. The maximum Gasteiger partial charge on any atom is 0.251 e. The molecule has 0 aliphatic heterocycles. The largest absolute Gasteiger partial charge is 0.354 e. The fourth-order valence-corrected chi connectivity index (χ4v) is 2.87. The Kier molecular flexibility index (Phi) is 6.90. The molecule has 0 spiro atoms. The maximum atomic E-state index is 12.8. The first kappa shape index (κ1) is 19.3. The van der Waals surface area contributed by atoms with E-state index in [1.807, 2.05) is 54.6 Å². The summed E-state index contributed by atoms with van der Waals surface area (Å²) in [6.07, 6.45) is 2.79. The lowest BCUT2D eigenvalue weighted by Crippen LogP contribution is -2.48. The Morgan fingerprint density at radius 2 is 1.54 bits per heavy atom. The number of hydrogen-bond acceptors (Lipinski definition) is 3. The minimum absolute atomic E-state index is 0.205. The summed E-state index contributed by atoms with van der Waals surface area (Å²) in [6.45, 7) is 0.461. The molecule has 0 aliphatic carbocycles. The molecule has 0 saturated heterocycles. The van der Waals surface area contributed by atoms with E-state index in [0.717, 1.165) is 11.3 Å². The van der Waals surface area contributed by atoms with Crippen molar-refractivity contribution in [3.05, 3.63) is 102 Å². The molecular formula is C23H23N3O2. The normalized spacial score (nSPS) is 11.4. The average molecular weight is 373 g/mol. The van der Waals surface area contributed by atoms with Crippen LogP contribution in [0.2, 0.25) is 0 Å². The van der Waals surface area contributed by atoms with Crippen LogP contribution in [-0.2, 0) is 17.6 Å². The van der Waals surface area contributed by atoms with Gasteiger partial charge in [0, 0.05) is 36.8 Å². The quantitative estimate of drug-likeness (QED) is 0.638. The molecule has 0 radical (unpaired) electrons. The van der Waals surface area contributed by atoms with Gasteiger partial charge in [-0.1, -0.05) is 54.6 Å². The average Bonchev–Trinajstić information content (AvgIpc) is 2.75. The summed E-state index contributed by atoms with van der Waals surface area (Å²) in [6, 6.07) is 23.6. The Morgan fingerprint density at radius 3 is 2.21 bits per heavy atom. The number of nitrogens with zero attached hydrogens (tertiary/aromatic N) is 1. The molecule has 2 N–H and O–H groups in total. The van der Waals surface area contributed by atoms with Crippen LogP contribution in [-0.4, -0.2) is 29.4 Å². The standard InChI is InChI=1S/C23H23N3O2/c27-22(19-11-5-2-6-12-19)26-21(17-18-9-3-1-4-10-18)23(28)25-16-14-20-13-7-8-15-24-20/h1-13,15,21H,14,16-17H2,(H,25,28)(H,26,27)/t21-/m1/s1. The molecular weight excluding hydrogens is 350 g/mol. The van der Waals surface area contributed by atoms with Crippen molar-refractivity contribution in [1.82, 2.24) is 15.6 Å². The third-order valence-corrected chi connectivity index (χ3v) is 4.35. The summed E-state index contributed by atoms with van der Waals surface area (Å²) < 4.78 is 0. The Labute approximate surface area is 164 Å².